The number of rotatable bonds is 3. The van der Waals surface area contributed by atoms with Crippen molar-refractivity contribution < 1.29 is 0 Å². The Morgan fingerprint density at radius 2 is 2.18 bits per heavy atom. The number of halogens is 1. The summed E-state index contributed by atoms with van der Waals surface area (Å²) in [4.78, 5) is 17.6. The van der Waals surface area contributed by atoms with Crippen LogP contribution in [-0.4, -0.2) is 41.1 Å². The SMILES string of the molecule is CN(c1nc2ccc(Cl)cc2s1)C1CN(c2cnccn2)C1. The predicted octanol–water partition coefficient (Wildman–Crippen LogP) is 3.06. The van der Waals surface area contributed by atoms with Gasteiger partial charge in [-0.15, -0.1) is 0 Å². The fraction of sp³-hybridized carbons (Fsp3) is 0.267. The van der Waals surface area contributed by atoms with E-state index in [1.807, 2.05) is 18.2 Å². The van der Waals surface area contributed by atoms with Crippen LogP contribution in [0.4, 0.5) is 10.9 Å². The summed E-state index contributed by atoms with van der Waals surface area (Å²) in [5, 5.41) is 1.78. The molecule has 22 heavy (non-hydrogen) atoms. The Hall–Kier alpha value is -1.92. The van der Waals surface area contributed by atoms with Crippen LogP contribution in [0.25, 0.3) is 10.2 Å². The van der Waals surface area contributed by atoms with Crippen molar-refractivity contribution in [2.45, 2.75) is 6.04 Å². The highest BCUT2D eigenvalue weighted by Gasteiger charge is 2.32. The number of likely N-dealkylation sites (N-methyl/N-ethyl adjacent to an activating group) is 1. The lowest BCUT2D eigenvalue weighted by Crippen LogP contribution is -2.59. The van der Waals surface area contributed by atoms with Crippen LogP contribution in [-0.2, 0) is 0 Å². The van der Waals surface area contributed by atoms with Crippen molar-refractivity contribution >= 4 is 44.1 Å². The van der Waals surface area contributed by atoms with Gasteiger partial charge in [0.05, 0.1) is 22.5 Å². The van der Waals surface area contributed by atoms with E-state index in [9.17, 15) is 0 Å². The molecule has 0 amide bonds. The predicted molar refractivity (Wildman–Crippen MR) is 91.1 cm³/mol. The minimum atomic E-state index is 0.443. The van der Waals surface area contributed by atoms with Gasteiger partial charge in [0.15, 0.2) is 5.13 Å². The van der Waals surface area contributed by atoms with Crippen LogP contribution in [0.2, 0.25) is 5.02 Å². The van der Waals surface area contributed by atoms with E-state index in [-0.39, 0.29) is 0 Å². The fourth-order valence-corrected chi connectivity index (χ4v) is 3.81. The van der Waals surface area contributed by atoms with Gasteiger partial charge in [-0.25, -0.2) is 9.97 Å². The van der Waals surface area contributed by atoms with E-state index in [1.54, 1.807) is 29.9 Å². The zero-order valence-corrected chi connectivity index (χ0v) is 13.6. The molecule has 0 N–H and O–H groups in total. The Morgan fingerprint density at radius 3 is 2.95 bits per heavy atom. The summed E-state index contributed by atoms with van der Waals surface area (Å²) in [6.07, 6.45) is 5.22. The third-order valence-electron chi connectivity index (χ3n) is 3.92. The van der Waals surface area contributed by atoms with Crippen molar-refractivity contribution in [2.24, 2.45) is 0 Å². The van der Waals surface area contributed by atoms with Gasteiger partial charge in [-0.1, -0.05) is 22.9 Å². The first kappa shape index (κ1) is 13.7. The molecule has 7 heteroatoms. The summed E-state index contributed by atoms with van der Waals surface area (Å²) in [5.41, 5.74) is 1.00. The highest BCUT2D eigenvalue weighted by Crippen LogP contribution is 2.32. The zero-order valence-electron chi connectivity index (χ0n) is 12.0. The van der Waals surface area contributed by atoms with Gasteiger partial charge in [0.1, 0.15) is 5.82 Å². The molecule has 112 valence electrons. The van der Waals surface area contributed by atoms with Gasteiger partial charge in [0.2, 0.25) is 0 Å². The molecule has 5 nitrogen and oxygen atoms in total. The smallest absolute Gasteiger partial charge is 0.186 e. The second-order valence-corrected chi connectivity index (χ2v) is 6.79. The second-order valence-electron chi connectivity index (χ2n) is 5.34. The third-order valence-corrected chi connectivity index (χ3v) is 5.27. The monoisotopic (exact) mass is 331 g/mol. The molecule has 1 aromatic carbocycles. The molecule has 0 radical (unpaired) electrons. The van der Waals surface area contributed by atoms with Gasteiger partial charge in [0, 0.05) is 37.6 Å². The lowest BCUT2D eigenvalue weighted by Gasteiger charge is -2.44. The van der Waals surface area contributed by atoms with Crippen LogP contribution in [0.5, 0.6) is 0 Å². The van der Waals surface area contributed by atoms with E-state index >= 15 is 0 Å². The van der Waals surface area contributed by atoms with Crippen molar-refractivity contribution in [3.63, 3.8) is 0 Å². The molecule has 0 unspecified atom stereocenters. The number of anilines is 2. The Morgan fingerprint density at radius 1 is 1.32 bits per heavy atom. The molecular weight excluding hydrogens is 318 g/mol. The summed E-state index contributed by atoms with van der Waals surface area (Å²) in [6.45, 7) is 1.87. The average Bonchev–Trinajstić information content (AvgIpc) is 2.89. The van der Waals surface area contributed by atoms with Crippen molar-refractivity contribution in [3.8, 4) is 0 Å². The first-order chi connectivity index (χ1) is 10.7. The maximum Gasteiger partial charge on any atom is 0.186 e. The first-order valence-corrected chi connectivity index (χ1v) is 8.20. The van der Waals surface area contributed by atoms with Gasteiger partial charge in [-0.2, -0.15) is 0 Å². The molecule has 1 aliphatic heterocycles. The molecule has 0 atom stereocenters. The molecule has 1 fully saturated rings. The number of aromatic nitrogens is 3. The molecule has 0 spiro atoms. The average molecular weight is 332 g/mol. The van der Waals surface area contributed by atoms with Gasteiger partial charge in [0.25, 0.3) is 0 Å². The normalized spacial score (nSPS) is 15.1. The van der Waals surface area contributed by atoms with Crippen molar-refractivity contribution in [3.05, 3.63) is 41.8 Å². The van der Waals surface area contributed by atoms with Crippen molar-refractivity contribution in [1.29, 1.82) is 0 Å². The fourth-order valence-electron chi connectivity index (χ4n) is 2.54. The largest absolute Gasteiger partial charge is 0.351 e. The van der Waals surface area contributed by atoms with Crippen LogP contribution in [0.15, 0.2) is 36.8 Å². The van der Waals surface area contributed by atoms with Crippen LogP contribution in [0, 0.1) is 0 Å². The Kier molecular flexibility index (Phi) is 3.35. The van der Waals surface area contributed by atoms with E-state index in [4.69, 9.17) is 16.6 Å². The third kappa shape index (κ3) is 2.38. The van der Waals surface area contributed by atoms with Gasteiger partial charge < -0.3 is 9.80 Å². The van der Waals surface area contributed by atoms with E-state index < -0.39 is 0 Å². The molecular formula is C15H14ClN5S. The van der Waals surface area contributed by atoms with Crippen molar-refractivity contribution in [1.82, 2.24) is 15.0 Å². The van der Waals surface area contributed by atoms with E-state index in [1.165, 1.54) is 0 Å². The molecule has 2 aromatic heterocycles. The lowest BCUT2D eigenvalue weighted by atomic mass is 10.1. The topological polar surface area (TPSA) is 45.2 Å². The molecule has 4 rings (SSSR count). The van der Waals surface area contributed by atoms with Crippen molar-refractivity contribution in [2.75, 3.05) is 29.9 Å². The number of hydrogen-bond acceptors (Lipinski definition) is 6. The molecule has 0 bridgehead atoms. The van der Waals surface area contributed by atoms with Crippen LogP contribution >= 0.6 is 22.9 Å². The van der Waals surface area contributed by atoms with E-state index in [2.05, 4.69) is 26.8 Å². The minimum absolute atomic E-state index is 0.443. The first-order valence-electron chi connectivity index (χ1n) is 7.00. The molecule has 1 aliphatic rings. The minimum Gasteiger partial charge on any atom is -0.351 e. The number of hydrogen-bond donors (Lipinski definition) is 0. The van der Waals surface area contributed by atoms with Gasteiger partial charge >= 0.3 is 0 Å². The summed E-state index contributed by atoms with van der Waals surface area (Å²) in [5.74, 6) is 0.934. The van der Waals surface area contributed by atoms with E-state index in [0.29, 0.717) is 6.04 Å². The molecule has 3 aromatic rings. The summed E-state index contributed by atoms with van der Waals surface area (Å²) in [7, 11) is 2.10. The molecule has 0 saturated carbocycles. The lowest BCUT2D eigenvalue weighted by molar-refractivity contribution is 0.491. The summed E-state index contributed by atoms with van der Waals surface area (Å²) >= 11 is 7.72. The van der Waals surface area contributed by atoms with E-state index in [0.717, 1.165) is 39.3 Å². The van der Waals surface area contributed by atoms with Gasteiger partial charge in [-0.05, 0) is 18.2 Å². The highest BCUT2D eigenvalue weighted by molar-refractivity contribution is 7.22. The molecule has 3 heterocycles. The maximum absolute atomic E-state index is 6.04. The quantitative estimate of drug-likeness (QED) is 0.738. The highest BCUT2D eigenvalue weighted by atomic mass is 35.5. The number of fused-ring (bicyclic) bond motifs is 1. The second kappa shape index (κ2) is 5.37. The van der Waals surface area contributed by atoms with Crippen LogP contribution in [0.3, 0.4) is 0 Å². The number of benzene rings is 1. The Balaban J connectivity index is 1.49. The molecule has 1 saturated heterocycles. The maximum atomic E-state index is 6.04. The summed E-state index contributed by atoms with van der Waals surface area (Å²) < 4.78 is 1.12. The summed E-state index contributed by atoms with van der Waals surface area (Å²) in [6, 6.07) is 6.27. The van der Waals surface area contributed by atoms with Gasteiger partial charge in [-0.3, -0.25) is 4.98 Å². The Labute approximate surface area is 137 Å². The number of thiazole rings is 1. The Bertz CT molecular complexity index is 800. The zero-order chi connectivity index (χ0) is 15.1. The van der Waals surface area contributed by atoms with Crippen LogP contribution in [0.1, 0.15) is 0 Å². The van der Waals surface area contributed by atoms with Crippen LogP contribution < -0.4 is 9.80 Å². The standard InChI is InChI=1S/C15H14ClN5S/c1-20(11-8-21(9-11)14-7-17-4-5-18-14)15-19-12-3-2-10(16)6-13(12)22-15/h2-7,11H,8-9H2,1H3. The number of nitrogens with zero attached hydrogens (tertiary/aromatic N) is 5. The molecule has 0 aliphatic carbocycles.